The van der Waals surface area contributed by atoms with E-state index in [9.17, 15) is 5.11 Å². The molecule has 0 unspecified atom stereocenters. The molecule has 0 bridgehead atoms. The van der Waals surface area contributed by atoms with E-state index in [0.717, 1.165) is 31.8 Å². The second-order valence-corrected chi connectivity index (χ2v) is 5.04. The molecule has 0 amide bonds. The van der Waals surface area contributed by atoms with Crippen LogP contribution >= 0.6 is 0 Å². The van der Waals surface area contributed by atoms with E-state index >= 15 is 0 Å². The van der Waals surface area contributed by atoms with Crippen LogP contribution in [0.1, 0.15) is 24.5 Å². The molecule has 0 atom stereocenters. The molecule has 2 rings (SSSR count). The van der Waals surface area contributed by atoms with E-state index in [1.54, 1.807) is 7.11 Å². The van der Waals surface area contributed by atoms with Crippen molar-refractivity contribution in [3.05, 3.63) is 29.3 Å². The van der Waals surface area contributed by atoms with Crippen LogP contribution in [-0.2, 0) is 6.54 Å². The molecule has 0 radical (unpaired) electrons. The lowest BCUT2D eigenvalue weighted by molar-refractivity contribution is -0.103. The van der Waals surface area contributed by atoms with Gasteiger partial charge in [-0.15, -0.1) is 0 Å². The highest BCUT2D eigenvalue weighted by Gasteiger charge is 2.39. The first-order valence-corrected chi connectivity index (χ1v) is 6.14. The third-order valence-electron chi connectivity index (χ3n) is 3.52. The third kappa shape index (κ3) is 2.61. The lowest BCUT2D eigenvalue weighted by atomic mass is 9.91. The van der Waals surface area contributed by atoms with E-state index in [-0.39, 0.29) is 0 Å². The predicted molar refractivity (Wildman–Crippen MR) is 68.2 cm³/mol. The summed E-state index contributed by atoms with van der Waals surface area (Å²) in [5.74, 6) is 0.933. The summed E-state index contributed by atoms with van der Waals surface area (Å²) in [4.78, 5) is 2.25. The summed E-state index contributed by atoms with van der Waals surface area (Å²) in [7, 11) is 1.70. The van der Waals surface area contributed by atoms with E-state index in [1.807, 2.05) is 13.0 Å². The maximum atomic E-state index is 9.98. The van der Waals surface area contributed by atoms with E-state index < -0.39 is 5.60 Å². The van der Waals surface area contributed by atoms with E-state index in [4.69, 9.17) is 4.74 Å². The number of nitrogens with zero attached hydrogens (tertiary/aromatic N) is 1. The molecule has 3 nitrogen and oxygen atoms in total. The molecule has 0 spiro atoms. The molecule has 17 heavy (non-hydrogen) atoms. The molecular formula is C14H21NO2. The Morgan fingerprint density at radius 2 is 2.12 bits per heavy atom. The maximum absolute atomic E-state index is 9.98. The zero-order valence-corrected chi connectivity index (χ0v) is 10.9. The zero-order chi connectivity index (χ0) is 12.5. The van der Waals surface area contributed by atoms with Gasteiger partial charge in [0.05, 0.1) is 12.7 Å². The highest BCUT2D eigenvalue weighted by atomic mass is 16.5. The molecular weight excluding hydrogens is 214 g/mol. The molecule has 1 fully saturated rings. The van der Waals surface area contributed by atoms with Crippen molar-refractivity contribution in [2.45, 2.75) is 32.4 Å². The van der Waals surface area contributed by atoms with Crippen LogP contribution in [-0.4, -0.2) is 35.8 Å². The highest BCUT2D eigenvalue weighted by molar-refractivity contribution is 5.37. The van der Waals surface area contributed by atoms with Crippen molar-refractivity contribution in [2.24, 2.45) is 0 Å². The summed E-state index contributed by atoms with van der Waals surface area (Å²) >= 11 is 0. The largest absolute Gasteiger partial charge is 0.496 e. The van der Waals surface area contributed by atoms with Gasteiger partial charge in [-0.25, -0.2) is 0 Å². The van der Waals surface area contributed by atoms with Gasteiger partial charge in [0.2, 0.25) is 0 Å². The number of methoxy groups -OCH3 is 1. The van der Waals surface area contributed by atoms with Crippen LogP contribution in [0.3, 0.4) is 0 Å². The van der Waals surface area contributed by atoms with Crippen LogP contribution in [0.5, 0.6) is 5.75 Å². The fourth-order valence-electron chi connectivity index (χ4n) is 2.39. The molecule has 0 saturated carbocycles. The lowest BCUT2D eigenvalue weighted by Crippen LogP contribution is -2.60. The zero-order valence-electron chi connectivity index (χ0n) is 10.9. The summed E-state index contributed by atoms with van der Waals surface area (Å²) in [6.07, 6.45) is 0.828. The Morgan fingerprint density at radius 3 is 2.71 bits per heavy atom. The van der Waals surface area contributed by atoms with Gasteiger partial charge >= 0.3 is 0 Å². The Labute approximate surface area is 103 Å². The molecule has 1 aliphatic rings. The normalized spacial score (nSPS) is 18.8. The number of hydrogen-bond acceptors (Lipinski definition) is 3. The summed E-state index contributed by atoms with van der Waals surface area (Å²) in [6, 6.07) is 6.22. The number of rotatable bonds is 4. The van der Waals surface area contributed by atoms with E-state index in [0.29, 0.717) is 0 Å². The van der Waals surface area contributed by atoms with E-state index in [1.165, 1.54) is 11.1 Å². The van der Waals surface area contributed by atoms with Gasteiger partial charge in [-0.2, -0.15) is 0 Å². The Hall–Kier alpha value is -1.06. The van der Waals surface area contributed by atoms with Crippen LogP contribution in [0.15, 0.2) is 18.2 Å². The van der Waals surface area contributed by atoms with Crippen molar-refractivity contribution < 1.29 is 9.84 Å². The first kappa shape index (κ1) is 12.4. The molecule has 1 heterocycles. The van der Waals surface area contributed by atoms with Crippen molar-refractivity contribution in [2.75, 3.05) is 20.2 Å². The Morgan fingerprint density at radius 1 is 1.41 bits per heavy atom. The summed E-state index contributed by atoms with van der Waals surface area (Å²) in [5, 5.41) is 9.98. The predicted octanol–water partition coefficient (Wildman–Crippen LogP) is 1.96. The fourth-order valence-corrected chi connectivity index (χ4v) is 2.39. The van der Waals surface area contributed by atoms with Crippen LogP contribution in [0.2, 0.25) is 0 Å². The van der Waals surface area contributed by atoms with E-state index in [2.05, 4.69) is 24.0 Å². The second kappa shape index (κ2) is 4.67. The molecule has 0 aliphatic carbocycles. The molecule has 1 saturated heterocycles. The number of likely N-dealkylation sites (tertiary alicyclic amines) is 1. The minimum absolute atomic E-state index is 0.461. The van der Waals surface area contributed by atoms with Crippen LogP contribution in [0.25, 0.3) is 0 Å². The number of aliphatic hydroxyl groups is 1. The van der Waals surface area contributed by atoms with Gasteiger partial charge in [-0.05, 0) is 19.4 Å². The van der Waals surface area contributed by atoms with Gasteiger partial charge in [-0.3, -0.25) is 4.90 Å². The SMILES string of the molecule is CCC1(O)CN(Cc2cc(C)ccc2OC)C1. The topological polar surface area (TPSA) is 32.7 Å². The van der Waals surface area contributed by atoms with Gasteiger partial charge < -0.3 is 9.84 Å². The smallest absolute Gasteiger partial charge is 0.123 e. The highest BCUT2D eigenvalue weighted by Crippen LogP contribution is 2.28. The van der Waals surface area contributed by atoms with Gasteiger partial charge in [0.15, 0.2) is 0 Å². The molecule has 1 aromatic rings. The maximum Gasteiger partial charge on any atom is 0.123 e. The Balaban J connectivity index is 2.02. The average molecular weight is 235 g/mol. The Kier molecular flexibility index (Phi) is 3.40. The quantitative estimate of drug-likeness (QED) is 0.866. The minimum Gasteiger partial charge on any atom is -0.496 e. The first-order chi connectivity index (χ1) is 8.06. The molecule has 0 aromatic heterocycles. The molecule has 1 aliphatic heterocycles. The average Bonchev–Trinajstić information content (AvgIpc) is 2.27. The van der Waals surface area contributed by atoms with Crippen LogP contribution in [0, 0.1) is 6.92 Å². The fraction of sp³-hybridized carbons (Fsp3) is 0.571. The third-order valence-corrected chi connectivity index (χ3v) is 3.52. The van der Waals surface area contributed by atoms with Crippen molar-refractivity contribution in [3.8, 4) is 5.75 Å². The lowest BCUT2D eigenvalue weighted by Gasteiger charge is -2.46. The molecule has 1 N–H and O–H groups in total. The van der Waals surface area contributed by atoms with Crippen LogP contribution in [0.4, 0.5) is 0 Å². The van der Waals surface area contributed by atoms with Crippen molar-refractivity contribution in [1.82, 2.24) is 4.90 Å². The second-order valence-electron chi connectivity index (χ2n) is 5.04. The van der Waals surface area contributed by atoms with Crippen molar-refractivity contribution in [3.63, 3.8) is 0 Å². The number of β-amino-alcohol motifs (C(OH)–C–C–N with tert-alkyl or cyclic N) is 1. The summed E-state index contributed by atoms with van der Waals surface area (Å²) in [5.41, 5.74) is 1.98. The molecule has 94 valence electrons. The summed E-state index contributed by atoms with van der Waals surface area (Å²) < 4.78 is 5.36. The number of aryl methyl sites for hydroxylation is 1. The first-order valence-electron chi connectivity index (χ1n) is 6.14. The van der Waals surface area contributed by atoms with Crippen LogP contribution < -0.4 is 4.74 Å². The van der Waals surface area contributed by atoms with Gasteiger partial charge in [0, 0.05) is 25.2 Å². The number of ether oxygens (including phenoxy) is 1. The molecule has 1 aromatic carbocycles. The Bertz CT molecular complexity index is 397. The minimum atomic E-state index is -0.461. The van der Waals surface area contributed by atoms with Gasteiger partial charge in [-0.1, -0.05) is 24.6 Å². The molecule has 3 heteroatoms. The number of benzene rings is 1. The summed E-state index contributed by atoms with van der Waals surface area (Å²) in [6.45, 7) is 6.50. The van der Waals surface area contributed by atoms with Gasteiger partial charge in [0.25, 0.3) is 0 Å². The van der Waals surface area contributed by atoms with Crippen molar-refractivity contribution in [1.29, 1.82) is 0 Å². The number of hydrogen-bond donors (Lipinski definition) is 1. The van der Waals surface area contributed by atoms with Gasteiger partial charge in [0.1, 0.15) is 5.75 Å². The standard InChI is InChI=1S/C14H21NO2/c1-4-14(16)9-15(10-14)8-12-7-11(2)5-6-13(12)17-3/h5-7,16H,4,8-10H2,1-3H3. The monoisotopic (exact) mass is 235 g/mol. The van der Waals surface area contributed by atoms with Crippen molar-refractivity contribution >= 4 is 0 Å².